The number of hydrogen-bond donors (Lipinski definition) is 0. The summed E-state index contributed by atoms with van der Waals surface area (Å²) in [6.45, 7) is 6.56. The van der Waals surface area contributed by atoms with Gasteiger partial charge in [0.25, 0.3) is 0 Å². The third-order valence-corrected chi connectivity index (χ3v) is 5.11. The summed E-state index contributed by atoms with van der Waals surface area (Å²) in [5.41, 5.74) is 3.82. The maximum absolute atomic E-state index is 6.40. The Morgan fingerprint density at radius 1 is 0.640 bits per heavy atom. The quantitative estimate of drug-likeness (QED) is 0.370. The zero-order chi connectivity index (χ0) is 17.4. The Bertz CT molecular complexity index is 1080. The Balaban J connectivity index is 1.99. The van der Waals surface area contributed by atoms with E-state index in [-0.39, 0.29) is 0 Å². The highest BCUT2D eigenvalue weighted by atomic mass is 16.5. The Labute approximate surface area is 148 Å². The molecule has 124 valence electrons. The summed E-state index contributed by atoms with van der Waals surface area (Å²) in [5.74, 6) is 1.88. The number of rotatable bonds is 3. The van der Waals surface area contributed by atoms with E-state index in [4.69, 9.17) is 4.74 Å². The summed E-state index contributed by atoms with van der Waals surface area (Å²) >= 11 is 0. The first-order valence-electron chi connectivity index (χ1n) is 8.87. The number of para-hydroxylation sites is 1. The lowest BCUT2D eigenvalue weighted by Gasteiger charge is -2.17. The second-order valence-electron chi connectivity index (χ2n) is 6.54. The van der Waals surface area contributed by atoms with Gasteiger partial charge in [-0.1, -0.05) is 61.5 Å². The van der Waals surface area contributed by atoms with Crippen molar-refractivity contribution < 1.29 is 4.74 Å². The van der Waals surface area contributed by atoms with Crippen molar-refractivity contribution in [3.8, 4) is 11.5 Å². The van der Waals surface area contributed by atoms with Crippen LogP contribution in [0.25, 0.3) is 21.5 Å². The summed E-state index contributed by atoms with van der Waals surface area (Å²) in [4.78, 5) is 0. The molecule has 1 nitrogen and oxygen atoms in total. The lowest BCUT2D eigenvalue weighted by Crippen LogP contribution is -1.94. The molecular weight excluding hydrogens is 304 g/mol. The third-order valence-electron chi connectivity index (χ3n) is 5.11. The van der Waals surface area contributed by atoms with Crippen LogP contribution in [0.2, 0.25) is 0 Å². The van der Waals surface area contributed by atoms with E-state index in [1.807, 2.05) is 6.07 Å². The SMILES string of the molecule is CCc1ccccc1Oc1cccc2c(C)c3ccccc3c(C)c12. The molecule has 0 aliphatic rings. The normalized spacial score (nSPS) is 11.2. The van der Waals surface area contributed by atoms with Gasteiger partial charge in [-0.3, -0.25) is 0 Å². The molecule has 4 rings (SSSR count). The van der Waals surface area contributed by atoms with Gasteiger partial charge in [0.05, 0.1) is 0 Å². The van der Waals surface area contributed by atoms with Gasteiger partial charge in [-0.05, 0) is 65.3 Å². The number of hydrogen-bond acceptors (Lipinski definition) is 1. The van der Waals surface area contributed by atoms with E-state index in [1.54, 1.807) is 0 Å². The second-order valence-corrected chi connectivity index (χ2v) is 6.54. The van der Waals surface area contributed by atoms with Gasteiger partial charge in [0, 0.05) is 5.39 Å². The molecule has 0 aliphatic carbocycles. The summed E-state index contributed by atoms with van der Waals surface area (Å²) in [5, 5.41) is 5.10. The van der Waals surface area contributed by atoms with Crippen LogP contribution in [0.3, 0.4) is 0 Å². The molecule has 0 fully saturated rings. The van der Waals surface area contributed by atoms with E-state index in [2.05, 4.69) is 81.4 Å². The van der Waals surface area contributed by atoms with E-state index in [0.717, 1.165) is 17.9 Å². The highest BCUT2D eigenvalue weighted by Crippen LogP contribution is 2.39. The van der Waals surface area contributed by atoms with E-state index >= 15 is 0 Å². The molecule has 0 N–H and O–H groups in total. The number of benzene rings is 4. The molecule has 0 aliphatic heterocycles. The first-order chi connectivity index (χ1) is 12.2. The molecular formula is C24H22O. The number of aryl methyl sites for hydroxylation is 3. The predicted molar refractivity (Wildman–Crippen MR) is 107 cm³/mol. The molecule has 1 heteroatoms. The monoisotopic (exact) mass is 326 g/mol. The van der Waals surface area contributed by atoms with Crippen molar-refractivity contribution in [2.24, 2.45) is 0 Å². The maximum Gasteiger partial charge on any atom is 0.135 e. The molecule has 0 saturated heterocycles. The van der Waals surface area contributed by atoms with Crippen LogP contribution in [-0.4, -0.2) is 0 Å². The van der Waals surface area contributed by atoms with Crippen LogP contribution in [0, 0.1) is 13.8 Å². The Hall–Kier alpha value is -2.80. The maximum atomic E-state index is 6.40. The fraction of sp³-hybridized carbons (Fsp3) is 0.167. The van der Waals surface area contributed by atoms with Crippen LogP contribution in [0.15, 0.2) is 66.7 Å². The van der Waals surface area contributed by atoms with Crippen molar-refractivity contribution in [1.82, 2.24) is 0 Å². The van der Waals surface area contributed by atoms with Crippen molar-refractivity contribution in [2.45, 2.75) is 27.2 Å². The topological polar surface area (TPSA) is 9.23 Å². The highest BCUT2D eigenvalue weighted by molar-refractivity contribution is 6.07. The van der Waals surface area contributed by atoms with Crippen LogP contribution in [0.5, 0.6) is 11.5 Å². The first-order valence-corrected chi connectivity index (χ1v) is 8.87. The summed E-state index contributed by atoms with van der Waals surface area (Å²) in [6, 6.07) is 23.3. The number of ether oxygens (including phenoxy) is 1. The smallest absolute Gasteiger partial charge is 0.135 e. The Kier molecular flexibility index (Phi) is 3.93. The molecule has 0 unspecified atom stereocenters. The van der Waals surface area contributed by atoms with E-state index < -0.39 is 0 Å². The van der Waals surface area contributed by atoms with Crippen molar-refractivity contribution >= 4 is 21.5 Å². The third kappa shape index (κ3) is 2.56. The van der Waals surface area contributed by atoms with Crippen LogP contribution in [0.1, 0.15) is 23.6 Å². The zero-order valence-electron chi connectivity index (χ0n) is 15.0. The molecule has 0 radical (unpaired) electrons. The molecule has 0 atom stereocenters. The fourth-order valence-electron chi connectivity index (χ4n) is 3.75. The first kappa shape index (κ1) is 15.7. The van der Waals surface area contributed by atoms with Gasteiger partial charge >= 0.3 is 0 Å². The van der Waals surface area contributed by atoms with Crippen LogP contribution >= 0.6 is 0 Å². The predicted octanol–water partition coefficient (Wildman–Crippen LogP) is 6.96. The van der Waals surface area contributed by atoms with Gasteiger partial charge < -0.3 is 4.74 Å². The minimum atomic E-state index is 0.935. The van der Waals surface area contributed by atoms with Crippen LogP contribution in [-0.2, 0) is 6.42 Å². The molecule has 4 aromatic carbocycles. The molecule has 4 aromatic rings. The lowest BCUT2D eigenvalue weighted by atomic mass is 9.92. The summed E-state index contributed by atoms with van der Waals surface area (Å²) < 4.78 is 6.40. The van der Waals surface area contributed by atoms with Gasteiger partial charge in [-0.25, -0.2) is 0 Å². The van der Waals surface area contributed by atoms with Crippen molar-refractivity contribution in [3.05, 3.63) is 83.4 Å². The van der Waals surface area contributed by atoms with Crippen molar-refractivity contribution in [1.29, 1.82) is 0 Å². The Morgan fingerprint density at radius 2 is 1.24 bits per heavy atom. The summed E-state index contributed by atoms with van der Waals surface area (Å²) in [7, 11) is 0. The minimum absolute atomic E-state index is 0.935. The minimum Gasteiger partial charge on any atom is -0.456 e. The zero-order valence-corrected chi connectivity index (χ0v) is 15.0. The van der Waals surface area contributed by atoms with Crippen molar-refractivity contribution in [3.63, 3.8) is 0 Å². The molecule has 25 heavy (non-hydrogen) atoms. The second kappa shape index (κ2) is 6.25. The molecule has 0 saturated carbocycles. The van der Waals surface area contributed by atoms with Crippen LogP contribution in [0.4, 0.5) is 0 Å². The fourth-order valence-corrected chi connectivity index (χ4v) is 3.75. The molecule has 0 aromatic heterocycles. The van der Waals surface area contributed by atoms with Gasteiger partial charge in [-0.15, -0.1) is 0 Å². The van der Waals surface area contributed by atoms with Gasteiger partial charge in [0.2, 0.25) is 0 Å². The largest absolute Gasteiger partial charge is 0.456 e. The Morgan fingerprint density at radius 3 is 2.00 bits per heavy atom. The highest BCUT2D eigenvalue weighted by Gasteiger charge is 2.13. The van der Waals surface area contributed by atoms with Crippen molar-refractivity contribution in [2.75, 3.05) is 0 Å². The van der Waals surface area contributed by atoms with Crippen LogP contribution < -0.4 is 4.74 Å². The van der Waals surface area contributed by atoms with Gasteiger partial charge in [0.15, 0.2) is 0 Å². The molecule has 0 bridgehead atoms. The molecule has 0 amide bonds. The summed E-state index contributed by atoms with van der Waals surface area (Å²) in [6.07, 6.45) is 0.960. The molecule has 0 spiro atoms. The standard InChI is InChI=1S/C24H22O/c1-4-18-10-5-8-14-22(18)25-23-15-9-13-21-16(2)19-11-6-7-12-20(19)17(3)24(21)23/h5-15H,4H2,1-3H3. The average Bonchev–Trinajstić information content (AvgIpc) is 2.66. The van der Waals surface area contributed by atoms with E-state index in [0.29, 0.717) is 0 Å². The molecule has 0 heterocycles. The average molecular weight is 326 g/mol. The number of fused-ring (bicyclic) bond motifs is 2. The van der Waals surface area contributed by atoms with Gasteiger partial charge in [-0.2, -0.15) is 0 Å². The van der Waals surface area contributed by atoms with E-state index in [9.17, 15) is 0 Å². The van der Waals surface area contributed by atoms with Gasteiger partial charge in [0.1, 0.15) is 11.5 Å². The lowest BCUT2D eigenvalue weighted by molar-refractivity contribution is 0.482. The van der Waals surface area contributed by atoms with E-state index in [1.165, 1.54) is 38.2 Å².